The SMILES string of the molecule is CC.CC1CCOC(C)C1OCCC#N.CO. The molecule has 0 spiro atoms. The fourth-order valence-electron chi connectivity index (χ4n) is 1.70. The van der Waals surface area contributed by atoms with Gasteiger partial charge in [-0.25, -0.2) is 0 Å². The first-order valence-corrected chi connectivity index (χ1v) is 6.30. The Morgan fingerprint density at radius 1 is 1.35 bits per heavy atom. The monoisotopic (exact) mass is 245 g/mol. The van der Waals surface area contributed by atoms with Gasteiger partial charge >= 0.3 is 0 Å². The molecule has 0 amide bonds. The Morgan fingerprint density at radius 3 is 2.41 bits per heavy atom. The van der Waals surface area contributed by atoms with Gasteiger partial charge in [-0.2, -0.15) is 5.26 Å². The summed E-state index contributed by atoms with van der Waals surface area (Å²) < 4.78 is 11.1. The molecule has 0 aliphatic carbocycles. The molecule has 3 atom stereocenters. The second kappa shape index (κ2) is 13.4. The van der Waals surface area contributed by atoms with Crippen LogP contribution in [0.5, 0.6) is 0 Å². The number of hydrogen-bond acceptors (Lipinski definition) is 4. The number of nitriles is 1. The van der Waals surface area contributed by atoms with Gasteiger partial charge in [0.1, 0.15) is 0 Å². The van der Waals surface area contributed by atoms with Crippen LogP contribution in [0.25, 0.3) is 0 Å². The highest BCUT2D eigenvalue weighted by atomic mass is 16.5. The van der Waals surface area contributed by atoms with Crippen molar-refractivity contribution in [3.8, 4) is 6.07 Å². The summed E-state index contributed by atoms with van der Waals surface area (Å²) in [4.78, 5) is 0. The maximum Gasteiger partial charge on any atom is 0.0860 e. The van der Waals surface area contributed by atoms with E-state index in [0.717, 1.165) is 20.1 Å². The standard InChI is InChI=1S/C10H17NO2.C2H6.CH4O/c1-8-4-7-12-9(2)10(8)13-6-3-5-11;2*1-2/h8-10H,3-4,6-7H2,1-2H3;1-2H3;2H,1H3. The summed E-state index contributed by atoms with van der Waals surface area (Å²) >= 11 is 0. The summed E-state index contributed by atoms with van der Waals surface area (Å²) in [5.74, 6) is 0.544. The quantitative estimate of drug-likeness (QED) is 0.775. The van der Waals surface area contributed by atoms with Crippen LogP contribution >= 0.6 is 0 Å². The Bertz CT molecular complexity index is 182. The van der Waals surface area contributed by atoms with Crippen molar-refractivity contribution in [2.45, 2.75) is 52.7 Å². The first-order chi connectivity index (χ1) is 8.25. The molecule has 4 heteroatoms. The third-order valence-electron chi connectivity index (χ3n) is 2.50. The van der Waals surface area contributed by atoms with Gasteiger partial charge in [-0.1, -0.05) is 20.8 Å². The van der Waals surface area contributed by atoms with Gasteiger partial charge in [0, 0.05) is 13.7 Å². The summed E-state index contributed by atoms with van der Waals surface area (Å²) in [5.41, 5.74) is 0. The van der Waals surface area contributed by atoms with Crippen molar-refractivity contribution in [1.82, 2.24) is 0 Å². The third-order valence-corrected chi connectivity index (χ3v) is 2.50. The van der Waals surface area contributed by atoms with Crippen LogP contribution in [0.3, 0.4) is 0 Å². The third kappa shape index (κ3) is 8.14. The summed E-state index contributed by atoms with van der Waals surface area (Å²) in [7, 11) is 1.00. The van der Waals surface area contributed by atoms with E-state index < -0.39 is 0 Å². The lowest BCUT2D eigenvalue weighted by Gasteiger charge is -2.34. The minimum absolute atomic E-state index is 0.169. The number of rotatable bonds is 3. The Morgan fingerprint density at radius 2 is 1.94 bits per heavy atom. The lowest BCUT2D eigenvalue weighted by atomic mass is 9.95. The zero-order chi connectivity index (χ0) is 13.7. The molecule has 0 bridgehead atoms. The van der Waals surface area contributed by atoms with E-state index in [1.165, 1.54) is 0 Å². The van der Waals surface area contributed by atoms with E-state index in [1.807, 2.05) is 20.8 Å². The molecule has 1 saturated heterocycles. The molecule has 0 aromatic rings. The van der Waals surface area contributed by atoms with Crippen molar-refractivity contribution >= 4 is 0 Å². The predicted molar refractivity (Wildman–Crippen MR) is 68.7 cm³/mol. The van der Waals surface area contributed by atoms with Crippen molar-refractivity contribution in [1.29, 1.82) is 5.26 Å². The largest absolute Gasteiger partial charge is 0.400 e. The van der Waals surface area contributed by atoms with Gasteiger partial charge in [0.25, 0.3) is 0 Å². The number of nitrogens with zero attached hydrogens (tertiary/aromatic N) is 1. The molecular weight excluding hydrogens is 218 g/mol. The van der Waals surface area contributed by atoms with Crippen LogP contribution in [0.15, 0.2) is 0 Å². The number of aliphatic hydroxyl groups excluding tert-OH is 1. The van der Waals surface area contributed by atoms with E-state index in [-0.39, 0.29) is 12.2 Å². The summed E-state index contributed by atoms with van der Waals surface area (Å²) in [6, 6.07) is 2.07. The molecular formula is C13H27NO3. The summed E-state index contributed by atoms with van der Waals surface area (Å²) in [6.45, 7) is 9.57. The maximum atomic E-state index is 8.37. The van der Waals surface area contributed by atoms with Crippen LogP contribution in [-0.4, -0.2) is 37.6 Å². The molecule has 0 saturated carbocycles. The van der Waals surface area contributed by atoms with E-state index >= 15 is 0 Å². The summed E-state index contributed by atoms with van der Waals surface area (Å²) in [5, 5.41) is 15.4. The molecule has 1 aliphatic heterocycles. The lowest BCUT2D eigenvalue weighted by molar-refractivity contribution is -0.122. The van der Waals surface area contributed by atoms with Crippen molar-refractivity contribution in [3.05, 3.63) is 0 Å². The Kier molecular flexibility index (Phi) is 14.8. The fraction of sp³-hybridized carbons (Fsp3) is 0.923. The van der Waals surface area contributed by atoms with Crippen LogP contribution in [0.1, 0.15) is 40.5 Å². The van der Waals surface area contributed by atoms with Crippen LogP contribution < -0.4 is 0 Å². The molecule has 1 N–H and O–H groups in total. The maximum absolute atomic E-state index is 8.37. The zero-order valence-corrected chi connectivity index (χ0v) is 11.8. The molecule has 3 unspecified atom stereocenters. The number of ether oxygens (including phenoxy) is 2. The van der Waals surface area contributed by atoms with Crippen molar-refractivity contribution in [2.75, 3.05) is 20.3 Å². The van der Waals surface area contributed by atoms with Crippen LogP contribution in [0.2, 0.25) is 0 Å². The average molecular weight is 245 g/mol. The topological polar surface area (TPSA) is 62.5 Å². The highest BCUT2D eigenvalue weighted by Gasteiger charge is 2.28. The molecule has 102 valence electrons. The van der Waals surface area contributed by atoms with Crippen molar-refractivity contribution < 1.29 is 14.6 Å². The van der Waals surface area contributed by atoms with E-state index in [1.54, 1.807) is 0 Å². The lowest BCUT2D eigenvalue weighted by Crippen LogP contribution is -2.40. The molecule has 1 rings (SSSR count). The minimum Gasteiger partial charge on any atom is -0.400 e. The first kappa shape index (κ1) is 18.7. The molecule has 1 fully saturated rings. The van der Waals surface area contributed by atoms with Gasteiger partial charge in [-0.05, 0) is 19.3 Å². The van der Waals surface area contributed by atoms with E-state index in [0.29, 0.717) is 18.9 Å². The second-order valence-corrected chi connectivity index (χ2v) is 3.59. The fourth-order valence-corrected chi connectivity index (χ4v) is 1.70. The van der Waals surface area contributed by atoms with Crippen molar-refractivity contribution in [3.63, 3.8) is 0 Å². The van der Waals surface area contributed by atoms with Gasteiger partial charge in [0.15, 0.2) is 0 Å². The highest BCUT2D eigenvalue weighted by Crippen LogP contribution is 2.22. The minimum atomic E-state index is 0.169. The Hall–Kier alpha value is -0.630. The molecule has 4 nitrogen and oxygen atoms in total. The normalized spacial score (nSPS) is 26.8. The second-order valence-electron chi connectivity index (χ2n) is 3.59. The first-order valence-electron chi connectivity index (χ1n) is 6.30. The molecule has 0 aromatic heterocycles. The smallest absolute Gasteiger partial charge is 0.0860 e. The van der Waals surface area contributed by atoms with Gasteiger partial charge in [0.05, 0.1) is 31.3 Å². The number of aliphatic hydroxyl groups is 1. The van der Waals surface area contributed by atoms with Gasteiger partial charge in [-0.3, -0.25) is 0 Å². The summed E-state index contributed by atoms with van der Waals surface area (Å²) in [6.07, 6.45) is 1.86. The number of hydrogen-bond donors (Lipinski definition) is 1. The Labute approximate surface area is 106 Å². The molecule has 0 radical (unpaired) electrons. The predicted octanol–water partition coefficient (Wildman–Crippen LogP) is 2.36. The van der Waals surface area contributed by atoms with E-state index in [9.17, 15) is 0 Å². The average Bonchev–Trinajstić information content (AvgIpc) is 2.38. The highest BCUT2D eigenvalue weighted by molar-refractivity contribution is 4.78. The van der Waals surface area contributed by atoms with Gasteiger partial charge in [0.2, 0.25) is 0 Å². The van der Waals surface area contributed by atoms with Gasteiger partial charge < -0.3 is 14.6 Å². The van der Waals surface area contributed by atoms with E-state index in [2.05, 4.69) is 13.0 Å². The Balaban J connectivity index is 0. The van der Waals surface area contributed by atoms with Crippen LogP contribution in [0, 0.1) is 17.2 Å². The molecule has 17 heavy (non-hydrogen) atoms. The van der Waals surface area contributed by atoms with Crippen molar-refractivity contribution in [2.24, 2.45) is 5.92 Å². The zero-order valence-electron chi connectivity index (χ0n) is 11.8. The van der Waals surface area contributed by atoms with Crippen LogP contribution in [-0.2, 0) is 9.47 Å². The van der Waals surface area contributed by atoms with Crippen LogP contribution in [0.4, 0.5) is 0 Å². The molecule has 1 heterocycles. The molecule has 0 aromatic carbocycles. The molecule has 1 aliphatic rings. The van der Waals surface area contributed by atoms with Gasteiger partial charge in [-0.15, -0.1) is 0 Å². The van der Waals surface area contributed by atoms with E-state index in [4.69, 9.17) is 19.8 Å².